The number of hydrogen-bond donors (Lipinski definition) is 1. The molecule has 9 nitrogen and oxygen atoms in total. The average molecular weight is 530 g/mol. The van der Waals surface area contributed by atoms with Gasteiger partial charge in [0.25, 0.3) is 0 Å². The molecule has 2 unspecified atom stereocenters. The lowest BCUT2D eigenvalue weighted by Crippen LogP contribution is -2.41. The van der Waals surface area contributed by atoms with Gasteiger partial charge in [-0.3, -0.25) is 14.3 Å². The van der Waals surface area contributed by atoms with Crippen LogP contribution in [0.4, 0.5) is 17.3 Å². The minimum atomic E-state index is -0.648. The summed E-state index contributed by atoms with van der Waals surface area (Å²) in [6.07, 6.45) is 0. The van der Waals surface area contributed by atoms with E-state index in [9.17, 15) is 9.59 Å². The van der Waals surface area contributed by atoms with Crippen molar-refractivity contribution in [2.45, 2.75) is 33.2 Å². The van der Waals surface area contributed by atoms with E-state index < -0.39 is 11.8 Å². The van der Waals surface area contributed by atoms with Gasteiger partial charge in [0.15, 0.2) is 0 Å². The molecule has 1 aromatic heterocycles. The Morgan fingerprint density at radius 2 is 1.77 bits per heavy atom. The quantitative estimate of drug-likeness (QED) is 0.440. The fraction of sp³-hybridized carbons (Fsp3) is 0.400. The van der Waals surface area contributed by atoms with E-state index in [-0.39, 0.29) is 18.3 Å². The maximum Gasteiger partial charge on any atom is 0.351 e. The second-order valence-corrected chi connectivity index (χ2v) is 9.95. The molecule has 0 saturated carbocycles. The molecule has 1 saturated heterocycles. The Morgan fingerprint density at radius 1 is 1.05 bits per heavy atom. The largest absolute Gasteiger partial charge is 0.465 e. The summed E-state index contributed by atoms with van der Waals surface area (Å²) in [6.45, 7) is 10.0. The predicted molar refractivity (Wildman–Crippen MR) is 151 cm³/mol. The Bertz CT molecular complexity index is 1400. The number of hydrogen-bond acceptors (Lipinski definition) is 8. The lowest BCUT2D eigenvalue weighted by atomic mass is 9.76. The zero-order valence-electron chi connectivity index (χ0n) is 22.7. The van der Waals surface area contributed by atoms with Gasteiger partial charge in [-0.15, -0.1) is 0 Å². The molecule has 0 amide bonds. The van der Waals surface area contributed by atoms with E-state index in [1.54, 1.807) is 11.5 Å². The number of esters is 1. The summed E-state index contributed by atoms with van der Waals surface area (Å²) >= 11 is 0. The van der Waals surface area contributed by atoms with Crippen LogP contribution in [0.5, 0.6) is 0 Å². The third kappa shape index (κ3) is 5.79. The fourth-order valence-electron chi connectivity index (χ4n) is 5.30. The minimum absolute atomic E-state index is 0.267. The minimum Gasteiger partial charge on any atom is -0.465 e. The number of aryl methyl sites for hydroxylation is 1. The lowest BCUT2D eigenvalue weighted by molar-refractivity contribution is -0.146. The number of morpholine rings is 1. The smallest absolute Gasteiger partial charge is 0.351 e. The monoisotopic (exact) mass is 529 g/mol. The van der Waals surface area contributed by atoms with Gasteiger partial charge in [-0.05, 0) is 38.5 Å². The second kappa shape index (κ2) is 11.9. The topological polar surface area (TPSA) is 98.1 Å². The first-order valence-corrected chi connectivity index (χ1v) is 13.5. The van der Waals surface area contributed by atoms with E-state index in [0.717, 1.165) is 29.9 Å². The summed E-state index contributed by atoms with van der Waals surface area (Å²) in [7, 11) is 0. The molecule has 3 aromatic rings. The molecule has 0 bridgehead atoms. The van der Waals surface area contributed by atoms with Crippen LogP contribution >= 0.6 is 0 Å². The number of benzene rings is 2. The van der Waals surface area contributed by atoms with E-state index in [0.29, 0.717) is 49.2 Å². The molecular weight excluding hydrogens is 494 g/mol. The average Bonchev–Trinajstić information content (AvgIpc) is 2.94. The molecule has 1 N–H and O–H groups in total. The number of aliphatic imine (C=N–C) groups is 1. The Balaban J connectivity index is 1.67. The van der Waals surface area contributed by atoms with Crippen LogP contribution in [0.1, 0.15) is 36.5 Å². The highest BCUT2D eigenvalue weighted by atomic mass is 16.5. The van der Waals surface area contributed by atoms with Crippen molar-refractivity contribution in [1.82, 2.24) is 14.5 Å². The first-order chi connectivity index (χ1) is 19.0. The molecule has 3 heterocycles. The first-order valence-electron chi connectivity index (χ1n) is 13.5. The molecule has 0 radical (unpaired) electrons. The molecule has 2 aliphatic heterocycles. The van der Waals surface area contributed by atoms with E-state index in [2.05, 4.69) is 15.2 Å². The van der Waals surface area contributed by atoms with Crippen LogP contribution in [0.15, 0.2) is 64.4 Å². The van der Waals surface area contributed by atoms with Gasteiger partial charge in [0.1, 0.15) is 17.6 Å². The van der Waals surface area contributed by atoms with Gasteiger partial charge in [0, 0.05) is 49.1 Å². The second-order valence-electron chi connectivity index (χ2n) is 9.95. The van der Waals surface area contributed by atoms with Crippen molar-refractivity contribution in [1.29, 1.82) is 0 Å². The van der Waals surface area contributed by atoms with Crippen LogP contribution in [-0.2, 0) is 20.8 Å². The number of carbonyl (C=O) groups is 1. The standard InChI is InChI=1S/C30H35N5O4/c1-4-39-29(36)24-21(3)31-28-26(25(24)22-8-6-5-7-9-22)27(32-23-12-10-20(2)11-13-23)33-30(37)35(28)15-14-34-16-18-38-19-17-34/h5-13,24-25H,4,14-19H2,1-3H3,(H,32,33,37). The highest BCUT2D eigenvalue weighted by Gasteiger charge is 2.42. The maximum absolute atomic E-state index is 13.5. The number of nitrogens with one attached hydrogen (secondary N) is 1. The van der Waals surface area contributed by atoms with Crippen LogP contribution < -0.4 is 11.0 Å². The maximum atomic E-state index is 13.5. The summed E-state index contributed by atoms with van der Waals surface area (Å²) < 4.78 is 12.6. The molecule has 0 aliphatic carbocycles. The van der Waals surface area contributed by atoms with E-state index in [1.165, 1.54) is 0 Å². The van der Waals surface area contributed by atoms with Gasteiger partial charge in [0.2, 0.25) is 0 Å². The Hall–Kier alpha value is -3.82. The van der Waals surface area contributed by atoms with Crippen LogP contribution in [0.3, 0.4) is 0 Å². The molecule has 2 atom stereocenters. The van der Waals surface area contributed by atoms with Gasteiger partial charge in [-0.25, -0.2) is 9.79 Å². The molecule has 5 rings (SSSR count). The number of anilines is 2. The van der Waals surface area contributed by atoms with E-state index >= 15 is 0 Å². The fourth-order valence-corrected chi connectivity index (χ4v) is 5.30. The van der Waals surface area contributed by atoms with E-state index in [1.807, 2.05) is 68.4 Å². The molecule has 2 aromatic carbocycles. The SMILES string of the molecule is CCOC(=O)C1C(C)=Nc2c(c(Nc3ccc(C)cc3)nc(=O)n2CCN2CCOCC2)C1c1ccccc1. The molecule has 1 fully saturated rings. The number of rotatable bonds is 8. The van der Waals surface area contributed by atoms with Crippen molar-refractivity contribution in [3.05, 3.63) is 81.8 Å². The van der Waals surface area contributed by atoms with Crippen molar-refractivity contribution in [2.75, 3.05) is 44.8 Å². The van der Waals surface area contributed by atoms with Gasteiger partial charge in [0.05, 0.1) is 19.8 Å². The summed E-state index contributed by atoms with van der Waals surface area (Å²) in [5.41, 5.74) is 3.80. The summed E-state index contributed by atoms with van der Waals surface area (Å²) in [5, 5.41) is 3.37. The predicted octanol–water partition coefficient (Wildman–Crippen LogP) is 4.04. The summed E-state index contributed by atoms with van der Waals surface area (Å²) in [4.78, 5) is 38.6. The molecule has 39 heavy (non-hydrogen) atoms. The van der Waals surface area contributed by atoms with Crippen molar-refractivity contribution in [2.24, 2.45) is 10.9 Å². The van der Waals surface area contributed by atoms with Gasteiger partial charge in [-0.2, -0.15) is 4.98 Å². The Labute approximate surface area is 228 Å². The van der Waals surface area contributed by atoms with Crippen LogP contribution in [0.25, 0.3) is 0 Å². The highest BCUT2D eigenvalue weighted by molar-refractivity contribution is 6.05. The number of carbonyl (C=O) groups excluding carboxylic acids is 1. The highest BCUT2D eigenvalue weighted by Crippen LogP contribution is 2.45. The van der Waals surface area contributed by atoms with Gasteiger partial charge in [-0.1, -0.05) is 48.0 Å². The van der Waals surface area contributed by atoms with E-state index in [4.69, 9.17) is 14.5 Å². The van der Waals surface area contributed by atoms with Crippen molar-refractivity contribution in [3.8, 4) is 0 Å². The molecule has 9 heteroatoms. The third-order valence-corrected chi connectivity index (χ3v) is 7.32. The lowest BCUT2D eigenvalue weighted by Gasteiger charge is -2.34. The molecular formula is C30H35N5O4. The molecule has 204 valence electrons. The zero-order chi connectivity index (χ0) is 27.4. The normalized spacial score (nSPS) is 19.2. The number of nitrogens with zero attached hydrogens (tertiary/aromatic N) is 4. The van der Waals surface area contributed by atoms with Crippen LogP contribution in [0, 0.1) is 12.8 Å². The Kier molecular flexibility index (Phi) is 8.18. The summed E-state index contributed by atoms with van der Waals surface area (Å²) in [5.74, 6) is -0.491. The zero-order valence-corrected chi connectivity index (χ0v) is 22.7. The van der Waals surface area contributed by atoms with Crippen molar-refractivity contribution >= 4 is 29.0 Å². The third-order valence-electron chi connectivity index (χ3n) is 7.32. The van der Waals surface area contributed by atoms with Crippen molar-refractivity contribution < 1.29 is 14.3 Å². The van der Waals surface area contributed by atoms with Crippen LogP contribution in [0.2, 0.25) is 0 Å². The summed E-state index contributed by atoms with van der Waals surface area (Å²) in [6, 6.07) is 17.7. The molecule has 2 aliphatic rings. The number of fused-ring (bicyclic) bond motifs is 1. The molecule has 0 spiro atoms. The van der Waals surface area contributed by atoms with Gasteiger partial charge < -0.3 is 14.8 Å². The number of aromatic nitrogens is 2. The number of ether oxygens (including phenoxy) is 2. The Morgan fingerprint density at radius 3 is 2.46 bits per heavy atom. The first kappa shape index (κ1) is 26.8. The van der Waals surface area contributed by atoms with Crippen LogP contribution in [-0.4, -0.2) is 65.6 Å². The van der Waals surface area contributed by atoms with Gasteiger partial charge >= 0.3 is 11.7 Å². The van der Waals surface area contributed by atoms with Crippen molar-refractivity contribution in [3.63, 3.8) is 0 Å².